The van der Waals surface area contributed by atoms with Gasteiger partial charge in [0.1, 0.15) is 13.2 Å². The molecule has 0 saturated carbocycles. The van der Waals surface area contributed by atoms with E-state index < -0.39 is 37.8 Å². The fourth-order valence-electron chi connectivity index (χ4n) is 0.837. The molecule has 1 rings (SSSR count). The predicted molar refractivity (Wildman–Crippen MR) is 38.0 cm³/mol. The summed E-state index contributed by atoms with van der Waals surface area (Å²) < 4.78 is 60.9. The van der Waals surface area contributed by atoms with Gasteiger partial charge in [-0.15, -0.1) is 0 Å². The first-order valence-electron chi connectivity index (χ1n) is 3.99. The Morgan fingerprint density at radius 3 is 2.67 bits per heavy atom. The number of alkyl halides is 4. The molecule has 1 fully saturated rings. The van der Waals surface area contributed by atoms with E-state index in [1.54, 1.807) is 0 Å². The smallest absolute Gasteiger partial charge is 0.430 e. The molecule has 1 aliphatic heterocycles. The van der Waals surface area contributed by atoms with E-state index in [4.69, 9.17) is 0 Å². The van der Waals surface area contributed by atoms with Crippen LogP contribution in [0.25, 0.3) is 0 Å². The Morgan fingerprint density at radius 2 is 2.20 bits per heavy atom. The van der Waals surface area contributed by atoms with E-state index in [0.717, 1.165) is 0 Å². The van der Waals surface area contributed by atoms with Crippen molar-refractivity contribution in [1.82, 2.24) is 0 Å². The number of ether oxygens (including phenoxy) is 3. The summed E-state index contributed by atoms with van der Waals surface area (Å²) in [6, 6.07) is 0. The van der Waals surface area contributed by atoms with Crippen LogP contribution in [-0.2, 0) is 14.2 Å². The number of rotatable bonds is 5. The highest BCUT2D eigenvalue weighted by Crippen LogP contribution is 2.23. The summed E-state index contributed by atoms with van der Waals surface area (Å²) in [7, 11) is 0. The second-order valence-electron chi connectivity index (χ2n) is 2.88. The van der Waals surface area contributed by atoms with Crippen molar-refractivity contribution in [2.75, 3.05) is 19.8 Å². The summed E-state index contributed by atoms with van der Waals surface area (Å²) in [4.78, 5) is 10.4. The molecule has 15 heavy (non-hydrogen) atoms. The topological polar surface area (TPSA) is 44.8 Å². The van der Waals surface area contributed by atoms with Gasteiger partial charge < -0.3 is 14.2 Å². The van der Waals surface area contributed by atoms with Crippen LogP contribution in [0.15, 0.2) is 0 Å². The van der Waals surface area contributed by atoms with Crippen LogP contribution in [0.5, 0.6) is 0 Å². The molecule has 1 aliphatic rings. The standard InChI is InChI=1S/C7H8F4O4/c8-5(9)7(10,11)3-13-1-4-2-14-6(12)15-4/h4-5H,1-3H2/t4-/m1/s1. The highest BCUT2D eigenvalue weighted by atomic mass is 19.3. The number of hydrogen-bond donors (Lipinski definition) is 0. The largest absolute Gasteiger partial charge is 0.508 e. The molecule has 1 heterocycles. The van der Waals surface area contributed by atoms with Gasteiger partial charge >= 0.3 is 18.5 Å². The molecule has 0 aromatic carbocycles. The highest BCUT2D eigenvalue weighted by Gasteiger charge is 2.41. The van der Waals surface area contributed by atoms with Gasteiger partial charge in [-0.25, -0.2) is 13.6 Å². The third-order valence-electron chi connectivity index (χ3n) is 1.57. The minimum Gasteiger partial charge on any atom is -0.430 e. The Balaban J connectivity index is 2.19. The Labute approximate surface area is 82.1 Å². The van der Waals surface area contributed by atoms with Crippen LogP contribution in [0.2, 0.25) is 0 Å². The quantitative estimate of drug-likeness (QED) is 0.531. The Kier molecular flexibility index (Phi) is 3.72. The van der Waals surface area contributed by atoms with Crippen LogP contribution in [0.3, 0.4) is 0 Å². The maximum absolute atomic E-state index is 12.3. The summed E-state index contributed by atoms with van der Waals surface area (Å²) >= 11 is 0. The van der Waals surface area contributed by atoms with Crippen LogP contribution in [-0.4, -0.2) is 44.4 Å². The van der Waals surface area contributed by atoms with Gasteiger partial charge in [0, 0.05) is 0 Å². The molecule has 0 aromatic heterocycles. The van der Waals surface area contributed by atoms with Crippen molar-refractivity contribution in [3.8, 4) is 0 Å². The molecule has 0 bridgehead atoms. The van der Waals surface area contributed by atoms with Gasteiger partial charge in [0.25, 0.3) is 0 Å². The summed E-state index contributed by atoms with van der Waals surface area (Å²) in [6.07, 6.45) is -5.52. The SMILES string of the molecule is O=C1OC[C@@H](COCC(F)(F)C(F)F)O1. The number of hydrogen-bond acceptors (Lipinski definition) is 4. The molecule has 0 amide bonds. The molecule has 0 N–H and O–H groups in total. The van der Waals surface area contributed by atoms with E-state index in [-0.39, 0.29) is 6.61 Å². The molecular formula is C7H8F4O4. The second kappa shape index (κ2) is 4.65. The fraction of sp³-hybridized carbons (Fsp3) is 0.857. The van der Waals surface area contributed by atoms with Crippen LogP contribution < -0.4 is 0 Å². The van der Waals surface area contributed by atoms with Gasteiger partial charge in [0.05, 0.1) is 6.61 Å². The van der Waals surface area contributed by atoms with Gasteiger partial charge in [-0.2, -0.15) is 8.78 Å². The lowest BCUT2D eigenvalue weighted by Gasteiger charge is -2.15. The molecule has 0 aliphatic carbocycles. The van der Waals surface area contributed by atoms with E-state index in [1.807, 2.05) is 0 Å². The third kappa shape index (κ3) is 3.54. The van der Waals surface area contributed by atoms with E-state index in [2.05, 4.69) is 14.2 Å². The van der Waals surface area contributed by atoms with Crippen molar-refractivity contribution >= 4 is 6.16 Å². The number of carbonyl (C=O) groups is 1. The number of cyclic esters (lactones) is 2. The maximum atomic E-state index is 12.3. The maximum Gasteiger partial charge on any atom is 0.508 e. The van der Waals surface area contributed by atoms with Crippen molar-refractivity contribution < 1.29 is 36.6 Å². The van der Waals surface area contributed by atoms with E-state index in [1.165, 1.54) is 0 Å². The van der Waals surface area contributed by atoms with Crippen molar-refractivity contribution in [2.45, 2.75) is 18.5 Å². The Hall–Kier alpha value is -1.05. The van der Waals surface area contributed by atoms with Crippen molar-refractivity contribution in [3.05, 3.63) is 0 Å². The van der Waals surface area contributed by atoms with Crippen LogP contribution in [0, 0.1) is 0 Å². The molecule has 88 valence electrons. The zero-order chi connectivity index (χ0) is 11.5. The lowest BCUT2D eigenvalue weighted by Crippen LogP contribution is -2.34. The zero-order valence-electron chi connectivity index (χ0n) is 7.42. The highest BCUT2D eigenvalue weighted by molar-refractivity contribution is 5.61. The predicted octanol–water partition coefficient (Wildman–Crippen LogP) is 1.44. The van der Waals surface area contributed by atoms with Gasteiger partial charge in [0.2, 0.25) is 0 Å². The zero-order valence-corrected chi connectivity index (χ0v) is 7.42. The lowest BCUT2D eigenvalue weighted by atomic mass is 10.3. The van der Waals surface area contributed by atoms with Crippen LogP contribution in [0.4, 0.5) is 22.4 Å². The van der Waals surface area contributed by atoms with Crippen LogP contribution >= 0.6 is 0 Å². The minimum absolute atomic E-state index is 0.126. The monoisotopic (exact) mass is 232 g/mol. The molecule has 0 radical (unpaired) electrons. The Morgan fingerprint density at radius 1 is 1.53 bits per heavy atom. The average Bonchev–Trinajstić information content (AvgIpc) is 2.51. The molecule has 4 nitrogen and oxygen atoms in total. The third-order valence-corrected chi connectivity index (χ3v) is 1.57. The number of halogens is 4. The molecule has 1 saturated heterocycles. The molecule has 0 unspecified atom stereocenters. The minimum atomic E-state index is -4.19. The Bertz CT molecular complexity index is 233. The first-order valence-corrected chi connectivity index (χ1v) is 3.99. The molecule has 1 atom stereocenters. The fourth-order valence-corrected chi connectivity index (χ4v) is 0.837. The van der Waals surface area contributed by atoms with Crippen molar-refractivity contribution in [2.24, 2.45) is 0 Å². The van der Waals surface area contributed by atoms with Crippen molar-refractivity contribution in [3.63, 3.8) is 0 Å². The summed E-state index contributed by atoms with van der Waals surface area (Å²) in [5, 5.41) is 0. The van der Waals surface area contributed by atoms with Gasteiger partial charge in [0.15, 0.2) is 6.10 Å². The van der Waals surface area contributed by atoms with E-state index in [9.17, 15) is 22.4 Å². The normalized spacial score (nSPS) is 21.7. The number of carbonyl (C=O) groups excluding carboxylic acids is 1. The first kappa shape index (κ1) is 12.0. The van der Waals surface area contributed by atoms with Gasteiger partial charge in [-0.05, 0) is 0 Å². The van der Waals surface area contributed by atoms with Crippen LogP contribution in [0.1, 0.15) is 0 Å². The summed E-state index contributed by atoms with van der Waals surface area (Å²) in [5.41, 5.74) is 0. The van der Waals surface area contributed by atoms with E-state index >= 15 is 0 Å². The molecular weight excluding hydrogens is 224 g/mol. The van der Waals surface area contributed by atoms with Crippen molar-refractivity contribution in [1.29, 1.82) is 0 Å². The summed E-state index contributed by atoms with van der Waals surface area (Å²) in [5.74, 6) is -4.19. The van der Waals surface area contributed by atoms with Gasteiger partial charge in [-0.3, -0.25) is 0 Å². The second-order valence-corrected chi connectivity index (χ2v) is 2.88. The molecule has 0 spiro atoms. The molecule has 0 aromatic rings. The summed E-state index contributed by atoms with van der Waals surface area (Å²) in [6.45, 7) is -1.94. The lowest BCUT2D eigenvalue weighted by molar-refractivity contribution is -0.169. The average molecular weight is 232 g/mol. The molecule has 8 heteroatoms. The van der Waals surface area contributed by atoms with Gasteiger partial charge in [-0.1, -0.05) is 0 Å². The van der Waals surface area contributed by atoms with E-state index in [0.29, 0.717) is 0 Å². The first-order chi connectivity index (χ1) is 6.92.